The number of anilines is 2. The van der Waals surface area contributed by atoms with E-state index in [4.69, 9.17) is 0 Å². The summed E-state index contributed by atoms with van der Waals surface area (Å²) in [6, 6.07) is 12.4. The van der Waals surface area contributed by atoms with Crippen molar-refractivity contribution in [2.75, 3.05) is 23.4 Å². The topological polar surface area (TPSA) is 75.3 Å². The molecule has 2 aromatic rings. The smallest absolute Gasteiger partial charge is 0.226 e. The minimum absolute atomic E-state index is 0.0340. The molecule has 6 heteroatoms. The Hall–Kier alpha value is -2.34. The van der Waals surface area contributed by atoms with E-state index in [1.54, 1.807) is 18.2 Å². The zero-order valence-electron chi connectivity index (χ0n) is 12.1. The Labute approximate surface area is 129 Å². The molecule has 0 saturated heterocycles. The Kier molecular flexibility index (Phi) is 3.62. The second-order valence-electron chi connectivity index (χ2n) is 5.25. The highest BCUT2D eigenvalue weighted by Crippen LogP contribution is 2.36. The van der Waals surface area contributed by atoms with Gasteiger partial charge >= 0.3 is 0 Å². The van der Waals surface area contributed by atoms with Gasteiger partial charge in [0.1, 0.15) is 0 Å². The van der Waals surface area contributed by atoms with Crippen molar-refractivity contribution >= 4 is 27.1 Å². The van der Waals surface area contributed by atoms with Crippen LogP contribution in [0.2, 0.25) is 0 Å². The van der Waals surface area contributed by atoms with Crippen LogP contribution >= 0.6 is 0 Å². The zero-order valence-corrected chi connectivity index (χ0v) is 12.9. The van der Waals surface area contributed by atoms with E-state index in [-0.39, 0.29) is 10.8 Å². The number of carbonyl (C=O) groups excluding carboxylic acids is 1. The van der Waals surface area contributed by atoms with Crippen LogP contribution in [0.15, 0.2) is 47.4 Å². The molecular formula is C16H16N2O3S. The lowest BCUT2D eigenvalue weighted by Crippen LogP contribution is -2.10. The van der Waals surface area contributed by atoms with Crippen LogP contribution in [0.25, 0.3) is 11.1 Å². The first-order chi connectivity index (χ1) is 10.4. The van der Waals surface area contributed by atoms with E-state index >= 15 is 0 Å². The number of sulfone groups is 1. The molecule has 0 radical (unpaired) electrons. The zero-order chi connectivity index (χ0) is 15.7. The van der Waals surface area contributed by atoms with Crippen LogP contribution in [0.4, 0.5) is 11.4 Å². The lowest BCUT2D eigenvalue weighted by Gasteiger charge is -2.14. The largest absolute Gasteiger partial charge is 0.382 e. The molecular weight excluding hydrogens is 300 g/mol. The molecule has 1 heterocycles. The molecule has 1 amide bonds. The van der Waals surface area contributed by atoms with Gasteiger partial charge in [-0.2, -0.15) is 0 Å². The van der Waals surface area contributed by atoms with Crippen molar-refractivity contribution in [1.82, 2.24) is 0 Å². The number of rotatable bonds is 2. The molecule has 0 spiro atoms. The Morgan fingerprint density at radius 3 is 2.64 bits per heavy atom. The Balaban J connectivity index is 2.14. The monoisotopic (exact) mass is 316 g/mol. The summed E-state index contributed by atoms with van der Waals surface area (Å²) in [5.41, 5.74) is 3.19. The molecule has 2 aromatic carbocycles. The van der Waals surface area contributed by atoms with Crippen LogP contribution in [-0.2, 0) is 14.6 Å². The van der Waals surface area contributed by atoms with Crippen molar-refractivity contribution in [1.29, 1.82) is 0 Å². The molecule has 0 fully saturated rings. The number of benzene rings is 2. The van der Waals surface area contributed by atoms with Gasteiger partial charge in [0.2, 0.25) is 5.91 Å². The van der Waals surface area contributed by atoms with Gasteiger partial charge in [0, 0.05) is 24.8 Å². The Morgan fingerprint density at radius 1 is 1.09 bits per heavy atom. The molecule has 1 aliphatic heterocycles. The van der Waals surface area contributed by atoms with E-state index in [0.717, 1.165) is 16.8 Å². The van der Waals surface area contributed by atoms with E-state index in [2.05, 4.69) is 10.6 Å². The third kappa shape index (κ3) is 2.82. The van der Waals surface area contributed by atoms with Gasteiger partial charge in [-0.3, -0.25) is 4.79 Å². The molecule has 5 nitrogen and oxygen atoms in total. The molecule has 0 unspecified atom stereocenters. The first-order valence-electron chi connectivity index (χ1n) is 6.92. The highest BCUT2D eigenvalue weighted by atomic mass is 32.2. The SMILES string of the molecule is CS(=O)(=O)c1cccc(-c2cccc3c2NCCC(=O)N3)c1. The molecule has 0 aromatic heterocycles. The fourth-order valence-corrected chi connectivity index (χ4v) is 3.16. The summed E-state index contributed by atoms with van der Waals surface area (Å²) < 4.78 is 23.5. The maximum absolute atomic E-state index is 11.7. The van der Waals surface area contributed by atoms with Gasteiger partial charge in [-0.1, -0.05) is 24.3 Å². The van der Waals surface area contributed by atoms with E-state index in [9.17, 15) is 13.2 Å². The fraction of sp³-hybridized carbons (Fsp3) is 0.188. The summed E-state index contributed by atoms with van der Waals surface area (Å²) >= 11 is 0. The van der Waals surface area contributed by atoms with Crippen LogP contribution in [0, 0.1) is 0 Å². The third-order valence-electron chi connectivity index (χ3n) is 3.57. The number of hydrogen-bond acceptors (Lipinski definition) is 4. The minimum Gasteiger partial charge on any atom is -0.382 e. The summed E-state index contributed by atoms with van der Waals surface area (Å²) in [5.74, 6) is -0.0340. The molecule has 2 N–H and O–H groups in total. The van der Waals surface area contributed by atoms with Gasteiger partial charge in [0.05, 0.1) is 16.3 Å². The van der Waals surface area contributed by atoms with Crippen molar-refractivity contribution in [3.63, 3.8) is 0 Å². The van der Waals surface area contributed by atoms with Gasteiger partial charge in [-0.25, -0.2) is 8.42 Å². The second-order valence-corrected chi connectivity index (χ2v) is 7.27. The average Bonchev–Trinajstić information content (AvgIpc) is 2.66. The number of amides is 1. The van der Waals surface area contributed by atoms with Crippen LogP contribution < -0.4 is 10.6 Å². The van der Waals surface area contributed by atoms with Crippen molar-refractivity contribution in [3.05, 3.63) is 42.5 Å². The highest BCUT2D eigenvalue weighted by Gasteiger charge is 2.17. The minimum atomic E-state index is -3.26. The van der Waals surface area contributed by atoms with Crippen LogP contribution in [0.5, 0.6) is 0 Å². The summed E-state index contributed by atoms with van der Waals surface area (Å²) in [5, 5.41) is 6.11. The van der Waals surface area contributed by atoms with Crippen molar-refractivity contribution in [3.8, 4) is 11.1 Å². The van der Waals surface area contributed by atoms with E-state index in [1.807, 2.05) is 24.3 Å². The number of para-hydroxylation sites is 1. The van der Waals surface area contributed by atoms with Gasteiger partial charge < -0.3 is 10.6 Å². The van der Waals surface area contributed by atoms with Gasteiger partial charge in [0.15, 0.2) is 9.84 Å². The molecule has 0 saturated carbocycles. The van der Waals surface area contributed by atoms with Crippen molar-refractivity contribution in [2.24, 2.45) is 0 Å². The molecule has 0 bridgehead atoms. The molecule has 0 atom stereocenters. The first kappa shape index (κ1) is 14.6. The van der Waals surface area contributed by atoms with Crippen molar-refractivity contribution in [2.45, 2.75) is 11.3 Å². The first-order valence-corrected chi connectivity index (χ1v) is 8.81. The molecule has 1 aliphatic rings. The quantitative estimate of drug-likeness (QED) is 0.892. The van der Waals surface area contributed by atoms with Crippen LogP contribution in [0.3, 0.4) is 0 Å². The Morgan fingerprint density at radius 2 is 1.86 bits per heavy atom. The van der Waals surface area contributed by atoms with Crippen LogP contribution in [0.1, 0.15) is 6.42 Å². The predicted molar refractivity (Wildman–Crippen MR) is 86.7 cm³/mol. The maximum Gasteiger partial charge on any atom is 0.226 e. The number of carbonyl (C=O) groups is 1. The third-order valence-corrected chi connectivity index (χ3v) is 4.68. The summed E-state index contributed by atoms with van der Waals surface area (Å²) in [7, 11) is -3.26. The number of nitrogens with one attached hydrogen (secondary N) is 2. The Bertz CT molecular complexity index is 844. The van der Waals surface area contributed by atoms with Crippen LogP contribution in [-0.4, -0.2) is 27.1 Å². The second kappa shape index (κ2) is 5.46. The lowest BCUT2D eigenvalue weighted by atomic mass is 10.0. The molecule has 0 aliphatic carbocycles. The number of fused-ring (bicyclic) bond motifs is 1. The van der Waals surface area contributed by atoms with E-state index in [1.165, 1.54) is 6.26 Å². The summed E-state index contributed by atoms with van der Waals surface area (Å²) in [6.45, 7) is 0.543. The lowest BCUT2D eigenvalue weighted by molar-refractivity contribution is -0.115. The summed E-state index contributed by atoms with van der Waals surface area (Å²) in [6.07, 6.45) is 1.59. The van der Waals surface area contributed by atoms with E-state index in [0.29, 0.717) is 18.7 Å². The maximum atomic E-state index is 11.7. The molecule has 3 rings (SSSR count). The predicted octanol–water partition coefficient (Wildman–Crippen LogP) is 2.51. The van der Waals surface area contributed by atoms with Crippen molar-refractivity contribution < 1.29 is 13.2 Å². The number of hydrogen-bond donors (Lipinski definition) is 2. The molecule has 22 heavy (non-hydrogen) atoms. The van der Waals surface area contributed by atoms with Gasteiger partial charge in [0.25, 0.3) is 0 Å². The van der Waals surface area contributed by atoms with Gasteiger partial charge in [-0.15, -0.1) is 0 Å². The van der Waals surface area contributed by atoms with Gasteiger partial charge in [-0.05, 0) is 23.8 Å². The van der Waals surface area contributed by atoms with E-state index < -0.39 is 9.84 Å². The standard InChI is InChI=1S/C16H16N2O3S/c1-22(20,21)12-5-2-4-11(10-12)13-6-3-7-14-16(13)17-9-8-15(19)18-14/h2-7,10,17H,8-9H2,1H3,(H,18,19). The summed E-state index contributed by atoms with van der Waals surface area (Å²) in [4.78, 5) is 11.9. The normalized spacial score (nSPS) is 14.5. The fourth-order valence-electron chi connectivity index (χ4n) is 2.50. The molecule has 114 valence electrons. The average molecular weight is 316 g/mol. The highest BCUT2D eigenvalue weighted by molar-refractivity contribution is 7.90.